The average molecular weight is 296 g/mol. The number of hydrogen-bond donors (Lipinski definition) is 2. The third-order valence-corrected chi connectivity index (χ3v) is 3.93. The summed E-state index contributed by atoms with van der Waals surface area (Å²) in [7, 11) is 0. The molecule has 6 heteroatoms. The summed E-state index contributed by atoms with van der Waals surface area (Å²) in [5.74, 6) is -2.67. The van der Waals surface area contributed by atoms with Crippen LogP contribution in [0, 0.1) is 11.6 Å². The standard InChI is InChI=1S/C14H14F2N2OS/c1-2-8-3-4-20-13(8)7-18-14(19)9-5-10(15)11(16)6-12(9)17/h3-6H,2,7,17H2,1H3,(H,18,19). The molecular weight excluding hydrogens is 282 g/mol. The van der Waals surface area contributed by atoms with Crippen molar-refractivity contribution in [3.05, 3.63) is 51.2 Å². The lowest BCUT2D eigenvalue weighted by molar-refractivity contribution is 0.0951. The first-order valence-electron chi connectivity index (χ1n) is 6.11. The molecule has 1 amide bonds. The van der Waals surface area contributed by atoms with E-state index in [2.05, 4.69) is 5.32 Å². The maximum atomic E-state index is 13.1. The fourth-order valence-corrected chi connectivity index (χ4v) is 2.77. The summed E-state index contributed by atoms with van der Waals surface area (Å²) in [5, 5.41) is 4.62. The van der Waals surface area contributed by atoms with Gasteiger partial charge in [0.2, 0.25) is 0 Å². The fraction of sp³-hybridized carbons (Fsp3) is 0.214. The molecule has 0 saturated carbocycles. The van der Waals surface area contributed by atoms with Gasteiger partial charge in [0.1, 0.15) is 0 Å². The molecule has 0 unspecified atom stereocenters. The van der Waals surface area contributed by atoms with Gasteiger partial charge in [0.25, 0.3) is 5.91 Å². The molecule has 0 bridgehead atoms. The summed E-state index contributed by atoms with van der Waals surface area (Å²) >= 11 is 1.54. The van der Waals surface area contributed by atoms with E-state index >= 15 is 0 Å². The van der Waals surface area contributed by atoms with E-state index in [0.29, 0.717) is 6.54 Å². The molecule has 1 aromatic carbocycles. The average Bonchev–Trinajstić information content (AvgIpc) is 2.87. The highest BCUT2D eigenvalue weighted by Crippen LogP contribution is 2.19. The maximum Gasteiger partial charge on any atom is 0.253 e. The molecule has 2 aromatic rings. The minimum absolute atomic E-state index is 0.0569. The first kappa shape index (κ1) is 14.5. The van der Waals surface area contributed by atoms with Crippen molar-refractivity contribution in [2.45, 2.75) is 19.9 Å². The Morgan fingerprint density at radius 2 is 2.05 bits per heavy atom. The van der Waals surface area contributed by atoms with Crippen LogP contribution in [0.4, 0.5) is 14.5 Å². The van der Waals surface area contributed by atoms with E-state index in [-0.39, 0.29) is 11.3 Å². The van der Waals surface area contributed by atoms with Crippen molar-refractivity contribution in [3.63, 3.8) is 0 Å². The van der Waals surface area contributed by atoms with Gasteiger partial charge in [-0.2, -0.15) is 0 Å². The van der Waals surface area contributed by atoms with Gasteiger partial charge < -0.3 is 11.1 Å². The summed E-state index contributed by atoms with van der Waals surface area (Å²) in [6.45, 7) is 2.37. The lowest BCUT2D eigenvalue weighted by atomic mass is 10.1. The lowest BCUT2D eigenvalue weighted by Gasteiger charge is -2.08. The van der Waals surface area contributed by atoms with Crippen LogP contribution in [0.2, 0.25) is 0 Å². The molecule has 2 rings (SSSR count). The lowest BCUT2D eigenvalue weighted by Crippen LogP contribution is -2.24. The van der Waals surface area contributed by atoms with Gasteiger partial charge in [0.05, 0.1) is 12.1 Å². The van der Waals surface area contributed by atoms with Crippen LogP contribution in [-0.4, -0.2) is 5.91 Å². The first-order chi connectivity index (χ1) is 9.52. The summed E-state index contributed by atoms with van der Waals surface area (Å²) in [6.07, 6.45) is 0.877. The van der Waals surface area contributed by atoms with Crippen molar-refractivity contribution < 1.29 is 13.6 Å². The molecule has 0 aliphatic carbocycles. The SMILES string of the molecule is CCc1ccsc1CNC(=O)c1cc(F)c(F)cc1N. The number of aryl methyl sites for hydroxylation is 1. The van der Waals surface area contributed by atoms with E-state index in [9.17, 15) is 13.6 Å². The molecule has 1 heterocycles. The minimum Gasteiger partial charge on any atom is -0.398 e. The molecule has 0 radical (unpaired) electrons. The zero-order valence-corrected chi connectivity index (χ0v) is 11.7. The highest BCUT2D eigenvalue weighted by atomic mass is 32.1. The molecule has 0 aliphatic heterocycles. The molecular formula is C14H14F2N2OS. The highest BCUT2D eigenvalue weighted by Gasteiger charge is 2.14. The third kappa shape index (κ3) is 2.96. The van der Waals surface area contributed by atoms with E-state index in [0.717, 1.165) is 29.0 Å². The number of hydrogen-bond acceptors (Lipinski definition) is 3. The molecule has 1 aromatic heterocycles. The van der Waals surface area contributed by atoms with Crippen molar-refractivity contribution in [1.29, 1.82) is 0 Å². The van der Waals surface area contributed by atoms with Crippen LogP contribution in [0.25, 0.3) is 0 Å². The Bertz CT molecular complexity index is 640. The van der Waals surface area contributed by atoms with Gasteiger partial charge in [-0.15, -0.1) is 11.3 Å². The number of carbonyl (C=O) groups is 1. The number of halogens is 2. The second-order valence-electron chi connectivity index (χ2n) is 4.26. The number of benzene rings is 1. The molecule has 3 nitrogen and oxygen atoms in total. The molecule has 106 valence electrons. The molecule has 0 saturated heterocycles. The van der Waals surface area contributed by atoms with Crippen LogP contribution in [0.15, 0.2) is 23.6 Å². The van der Waals surface area contributed by atoms with Gasteiger partial charge in [0.15, 0.2) is 11.6 Å². The Labute approximate surface area is 119 Å². The Morgan fingerprint density at radius 1 is 1.35 bits per heavy atom. The van der Waals surface area contributed by atoms with Crippen molar-refractivity contribution in [1.82, 2.24) is 5.32 Å². The zero-order chi connectivity index (χ0) is 14.7. The normalized spacial score (nSPS) is 10.6. The van der Waals surface area contributed by atoms with Crippen molar-refractivity contribution in [2.24, 2.45) is 0 Å². The van der Waals surface area contributed by atoms with Crippen LogP contribution < -0.4 is 11.1 Å². The predicted octanol–water partition coefficient (Wildman–Crippen LogP) is 3.10. The van der Waals surface area contributed by atoms with Crippen LogP contribution in [0.3, 0.4) is 0 Å². The maximum absolute atomic E-state index is 13.1. The van der Waals surface area contributed by atoms with Crippen LogP contribution in [0.5, 0.6) is 0 Å². The monoisotopic (exact) mass is 296 g/mol. The number of amides is 1. The molecule has 3 N–H and O–H groups in total. The number of nitrogen functional groups attached to an aromatic ring is 1. The number of nitrogens with two attached hydrogens (primary N) is 1. The quantitative estimate of drug-likeness (QED) is 0.852. The number of thiophene rings is 1. The van der Waals surface area contributed by atoms with E-state index in [1.165, 1.54) is 0 Å². The Hall–Kier alpha value is -1.95. The Morgan fingerprint density at radius 3 is 2.75 bits per heavy atom. The van der Waals surface area contributed by atoms with Gasteiger partial charge in [0, 0.05) is 16.6 Å². The van der Waals surface area contributed by atoms with Crippen molar-refractivity contribution in [2.75, 3.05) is 5.73 Å². The Balaban J connectivity index is 2.11. The fourth-order valence-electron chi connectivity index (χ4n) is 1.85. The smallest absolute Gasteiger partial charge is 0.253 e. The van der Waals surface area contributed by atoms with E-state index < -0.39 is 17.5 Å². The van der Waals surface area contributed by atoms with Crippen molar-refractivity contribution in [3.8, 4) is 0 Å². The van der Waals surface area contributed by atoms with Crippen molar-refractivity contribution >= 4 is 22.9 Å². The third-order valence-electron chi connectivity index (χ3n) is 2.97. The van der Waals surface area contributed by atoms with Crippen LogP contribution in [0.1, 0.15) is 27.7 Å². The van der Waals surface area contributed by atoms with E-state index in [4.69, 9.17) is 5.73 Å². The number of nitrogens with one attached hydrogen (secondary N) is 1. The predicted molar refractivity (Wildman–Crippen MR) is 75.6 cm³/mol. The minimum atomic E-state index is -1.09. The summed E-state index contributed by atoms with van der Waals surface area (Å²) in [5.41, 5.74) is 6.55. The highest BCUT2D eigenvalue weighted by molar-refractivity contribution is 7.10. The summed E-state index contributed by atoms with van der Waals surface area (Å²) < 4.78 is 26.1. The number of rotatable bonds is 4. The van der Waals surface area contributed by atoms with E-state index in [1.807, 2.05) is 18.4 Å². The molecule has 0 aliphatic rings. The first-order valence-corrected chi connectivity index (χ1v) is 6.98. The van der Waals surface area contributed by atoms with Crippen LogP contribution in [-0.2, 0) is 13.0 Å². The topological polar surface area (TPSA) is 55.1 Å². The second kappa shape index (κ2) is 6.00. The van der Waals surface area contributed by atoms with Gasteiger partial charge >= 0.3 is 0 Å². The van der Waals surface area contributed by atoms with Crippen LogP contribution >= 0.6 is 11.3 Å². The largest absolute Gasteiger partial charge is 0.398 e. The molecule has 0 fully saturated rings. The summed E-state index contributed by atoms with van der Waals surface area (Å²) in [4.78, 5) is 13.0. The number of carbonyl (C=O) groups excluding carboxylic acids is 1. The zero-order valence-electron chi connectivity index (χ0n) is 10.9. The molecule has 0 spiro atoms. The number of anilines is 1. The second-order valence-corrected chi connectivity index (χ2v) is 5.26. The molecule has 20 heavy (non-hydrogen) atoms. The summed E-state index contributed by atoms with van der Waals surface area (Å²) in [6, 6.07) is 3.63. The van der Waals surface area contributed by atoms with E-state index in [1.54, 1.807) is 11.3 Å². The van der Waals surface area contributed by atoms with Gasteiger partial charge in [-0.3, -0.25) is 4.79 Å². The van der Waals surface area contributed by atoms with Gasteiger partial charge in [-0.25, -0.2) is 8.78 Å². The van der Waals surface area contributed by atoms with Gasteiger partial charge in [-0.1, -0.05) is 6.92 Å². The van der Waals surface area contributed by atoms with Gasteiger partial charge in [-0.05, 0) is 29.5 Å². The molecule has 0 atom stereocenters. The Kier molecular flexibility index (Phi) is 4.34.